The van der Waals surface area contributed by atoms with Gasteiger partial charge in [0.1, 0.15) is 11.6 Å². The SMILES string of the molecule is Oc1cccc(F)c1BF. The van der Waals surface area contributed by atoms with E-state index in [0.717, 1.165) is 6.07 Å². The summed E-state index contributed by atoms with van der Waals surface area (Å²) in [5, 5.41) is 8.81. The van der Waals surface area contributed by atoms with Crippen LogP contribution in [0.2, 0.25) is 0 Å². The summed E-state index contributed by atoms with van der Waals surface area (Å²) in [6.45, 7) is 0. The summed E-state index contributed by atoms with van der Waals surface area (Å²) in [6, 6.07) is 3.68. The maximum absolute atomic E-state index is 12.5. The van der Waals surface area contributed by atoms with E-state index in [1.54, 1.807) is 0 Å². The third-order valence-electron chi connectivity index (χ3n) is 1.23. The van der Waals surface area contributed by atoms with Gasteiger partial charge in [-0.05, 0) is 12.1 Å². The van der Waals surface area contributed by atoms with Crippen molar-refractivity contribution < 1.29 is 13.8 Å². The fraction of sp³-hybridized carbons (Fsp3) is 0. The fourth-order valence-corrected chi connectivity index (χ4v) is 0.680. The standard InChI is InChI=1S/C6H5BF2O/c8-4-2-1-3-5(10)6(4)7-9/h1-3,7,10H. The van der Waals surface area contributed by atoms with Gasteiger partial charge in [-0.15, -0.1) is 0 Å². The van der Waals surface area contributed by atoms with Crippen LogP contribution in [0, 0.1) is 5.82 Å². The minimum atomic E-state index is -0.974. The first kappa shape index (κ1) is 7.06. The van der Waals surface area contributed by atoms with Gasteiger partial charge in [-0.2, -0.15) is 0 Å². The molecule has 52 valence electrons. The molecule has 0 radical (unpaired) electrons. The number of hydrogen-bond acceptors (Lipinski definition) is 1. The van der Waals surface area contributed by atoms with Gasteiger partial charge in [-0.25, -0.2) is 4.39 Å². The molecule has 10 heavy (non-hydrogen) atoms. The number of halogens is 2. The van der Waals surface area contributed by atoms with Crippen LogP contribution in [0.1, 0.15) is 0 Å². The minimum absolute atomic E-state index is 0.275. The zero-order valence-corrected chi connectivity index (χ0v) is 5.14. The van der Waals surface area contributed by atoms with E-state index in [-0.39, 0.29) is 11.2 Å². The molecule has 1 rings (SSSR count). The highest BCUT2D eigenvalue weighted by Crippen LogP contribution is 2.05. The van der Waals surface area contributed by atoms with Gasteiger partial charge in [0.2, 0.25) is 0 Å². The van der Waals surface area contributed by atoms with E-state index < -0.39 is 13.4 Å². The van der Waals surface area contributed by atoms with Crippen molar-refractivity contribution in [2.45, 2.75) is 0 Å². The van der Waals surface area contributed by atoms with Gasteiger partial charge in [0.15, 0.2) is 0 Å². The first-order chi connectivity index (χ1) is 4.75. The van der Waals surface area contributed by atoms with Crippen LogP contribution in [0.5, 0.6) is 5.75 Å². The maximum atomic E-state index is 12.5. The Hall–Kier alpha value is -1.06. The summed E-state index contributed by atoms with van der Waals surface area (Å²) in [5.41, 5.74) is -0.275. The van der Waals surface area contributed by atoms with Gasteiger partial charge in [-0.3, -0.25) is 0 Å². The van der Waals surface area contributed by atoms with Gasteiger partial charge in [0.25, 0.3) is 0 Å². The Balaban J connectivity index is 3.17. The summed E-state index contributed by atoms with van der Waals surface area (Å²) in [7, 11) is -0.974. The second kappa shape index (κ2) is 2.69. The molecule has 0 fully saturated rings. The monoisotopic (exact) mass is 142 g/mol. The van der Waals surface area contributed by atoms with Gasteiger partial charge in [0.05, 0.1) is 0 Å². The number of benzene rings is 1. The van der Waals surface area contributed by atoms with Gasteiger partial charge in [0, 0.05) is 5.46 Å². The highest BCUT2D eigenvalue weighted by molar-refractivity contribution is 6.47. The van der Waals surface area contributed by atoms with Gasteiger partial charge in [-0.1, -0.05) is 6.07 Å². The lowest BCUT2D eigenvalue weighted by atomic mass is 9.90. The van der Waals surface area contributed by atoms with E-state index in [1.807, 2.05) is 0 Å². The van der Waals surface area contributed by atoms with Crippen molar-refractivity contribution in [3.63, 3.8) is 0 Å². The molecule has 1 aromatic carbocycles. The third-order valence-corrected chi connectivity index (χ3v) is 1.23. The Kier molecular flexibility index (Phi) is 1.90. The van der Waals surface area contributed by atoms with E-state index in [9.17, 15) is 8.71 Å². The molecular weight excluding hydrogens is 137 g/mol. The second-order valence-electron chi connectivity index (χ2n) is 1.87. The summed E-state index contributed by atoms with van der Waals surface area (Å²) < 4.78 is 24.3. The van der Waals surface area contributed by atoms with E-state index >= 15 is 0 Å². The number of phenolic OH excluding ortho intramolecular Hbond substituents is 1. The Morgan fingerprint density at radius 2 is 2.10 bits per heavy atom. The van der Waals surface area contributed by atoms with E-state index in [2.05, 4.69) is 0 Å². The Morgan fingerprint density at radius 3 is 2.50 bits per heavy atom. The first-order valence-corrected chi connectivity index (χ1v) is 2.78. The lowest BCUT2D eigenvalue weighted by Gasteiger charge is -1.97. The highest BCUT2D eigenvalue weighted by Gasteiger charge is 2.07. The van der Waals surface area contributed by atoms with Crippen LogP contribution in [0.15, 0.2) is 18.2 Å². The normalized spacial score (nSPS) is 9.40. The van der Waals surface area contributed by atoms with E-state index in [0.29, 0.717) is 0 Å². The quantitative estimate of drug-likeness (QED) is 0.565. The molecule has 1 nitrogen and oxygen atoms in total. The number of phenols is 1. The van der Waals surface area contributed by atoms with E-state index in [4.69, 9.17) is 5.11 Å². The van der Waals surface area contributed by atoms with Crippen LogP contribution in [0.3, 0.4) is 0 Å². The van der Waals surface area contributed by atoms with Crippen molar-refractivity contribution in [1.82, 2.24) is 0 Å². The van der Waals surface area contributed by atoms with Crippen molar-refractivity contribution in [2.24, 2.45) is 0 Å². The molecule has 0 unspecified atom stereocenters. The molecule has 1 N–H and O–H groups in total. The largest absolute Gasteiger partial charge is 0.508 e. The average Bonchev–Trinajstić information content (AvgIpc) is 1.88. The Labute approximate surface area is 57.6 Å². The predicted octanol–water partition coefficient (Wildman–Crippen LogP) is 0.478. The molecule has 0 bridgehead atoms. The van der Waals surface area contributed by atoms with Crippen molar-refractivity contribution in [3.8, 4) is 5.75 Å². The van der Waals surface area contributed by atoms with Crippen molar-refractivity contribution in [1.29, 1.82) is 0 Å². The lowest BCUT2D eigenvalue weighted by molar-refractivity contribution is 0.474. The molecular formula is C6H5BF2O. The zero-order chi connectivity index (χ0) is 7.56. The fourth-order valence-electron chi connectivity index (χ4n) is 0.680. The predicted molar refractivity (Wildman–Crippen MR) is 36.0 cm³/mol. The molecule has 0 atom stereocenters. The molecule has 0 aliphatic carbocycles. The molecule has 0 spiro atoms. The Morgan fingerprint density at radius 1 is 1.40 bits per heavy atom. The van der Waals surface area contributed by atoms with Crippen LogP contribution >= 0.6 is 0 Å². The molecule has 0 aliphatic heterocycles. The lowest BCUT2D eigenvalue weighted by Crippen LogP contribution is -2.14. The second-order valence-corrected chi connectivity index (χ2v) is 1.87. The molecule has 0 aliphatic rings. The maximum Gasteiger partial charge on any atom is 0.370 e. The molecule has 0 saturated carbocycles. The molecule has 0 heterocycles. The number of rotatable bonds is 1. The first-order valence-electron chi connectivity index (χ1n) is 2.78. The summed E-state index contributed by atoms with van der Waals surface area (Å²) in [4.78, 5) is 0. The van der Waals surface area contributed by atoms with Crippen molar-refractivity contribution in [2.75, 3.05) is 0 Å². The van der Waals surface area contributed by atoms with Crippen LogP contribution in [0.4, 0.5) is 8.71 Å². The molecule has 0 aromatic heterocycles. The van der Waals surface area contributed by atoms with Crippen molar-refractivity contribution in [3.05, 3.63) is 24.0 Å². The summed E-state index contributed by atoms with van der Waals surface area (Å²) in [5.74, 6) is -1.04. The topological polar surface area (TPSA) is 20.2 Å². The van der Waals surface area contributed by atoms with Gasteiger partial charge < -0.3 is 9.42 Å². The molecule has 1 aromatic rings. The van der Waals surface area contributed by atoms with E-state index in [1.165, 1.54) is 12.1 Å². The highest BCUT2D eigenvalue weighted by atomic mass is 19.1. The number of aromatic hydroxyl groups is 1. The van der Waals surface area contributed by atoms with Crippen LogP contribution in [-0.2, 0) is 0 Å². The minimum Gasteiger partial charge on any atom is -0.508 e. The number of hydrogen-bond donors (Lipinski definition) is 1. The molecule has 4 heteroatoms. The van der Waals surface area contributed by atoms with Gasteiger partial charge >= 0.3 is 7.56 Å². The van der Waals surface area contributed by atoms with Crippen LogP contribution in [0.25, 0.3) is 0 Å². The molecule has 0 saturated heterocycles. The van der Waals surface area contributed by atoms with Crippen molar-refractivity contribution >= 4 is 13.0 Å². The van der Waals surface area contributed by atoms with Crippen LogP contribution < -0.4 is 5.46 Å². The Bertz CT molecular complexity index is 219. The van der Waals surface area contributed by atoms with Crippen LogP contribution in [-0.4, -0.2) is 12.7 Å². The third kappa shape index (κ3) is 1.10. The average molecular weight is 142 g/mol. The zero-order valence-electron chi connectivity index (χ0n) is 5.14. The summed E-state index contributed by atoms with van der Waals surface area (Å²) >= 11 is 0. The molecule has 0 amide bonds. The smallest absolute Gasteiger partial charge is 0.370 e. The summed E-state index contributed by atoms with van der Waals surface area (Å²) in [6.07, 6.45) is 0.